The molecule has 0 spiro atoms. The number of hydrogen-bond donors (Lipinski definition) is 3. The molecule has 226 valence electrons. The van der Waals surface area contributed by atoms with Gasteiger partial charge in [-0.25, -0.2) is 23.3 Å². The van der Waals surface area contributed by atoms with Crippen LogP contribution in [0.5, 0.6) is 0 Å². The molecule has 6 rings (SSSR count). The van der Waals surface area contributed by atoms with Gasteiger partial charge in [-0.2, -0.15) is 5.10 Å². The van der Waals surface area contributed by atoms with Crippen molar-refractivity contribution in [2.45, 2.75) is 25.7 Å². The zero-order valence-electron chi connectivity index (χ0n) is 23.7. The molecule has 4 N–H and O–H groups in total. The van der Waals surface area contributed by atoms with Crippen molar-refractivity contribution >= 4 is 34.8 Å². The van der Waals surface area contributed by atoms with Gasteiger partial charge in [0.05, 0.1) is 11.4 Å². The van der Waals surface area contributed by atoms with E-state index in [0.717, 1.165) is 6.07 Å². The van der Waals surface area contributed by atoms with Crippen LogP contribution < -0.4 is 16.4 Å². The second-order valence-corrected chi connectivity index (χ2v) is 10.2. The Labute approximate surface area is 254 Å². The number of ether oxygens (including phenoxy) is 1. The normalized spacial score (nSPS) is 15.0. The van der Waals surface area contributed by atoms with Crippen molar-refractivity contribution in [1.29, 1.82) is 0 Å². The highest BCUT2D eigenvalue weighted by atomic mass is 19.1. The van der Waals surface area contributed by atoms with Gasteiger partial charge in [-0.05, 0) is 36.8 Å². The number of aromatic nitrogens is 3. The molecule has 45 heavy (non-hydrogen) atoms. The molecule has 0 fully saturated rings. The van der Waals surface area contributed by atoms with Gasteiger partial charge in [0, 0.05) is 29.1 Å². The maximum absolute atomic E-state index is 15.5. The standard InChI is InChI=1S/C32H25F2N7O4/c1-17(35)32(44)45-16-18-11-12-20(23(34)15-18)27-24(29-36-13-6-14-41(29)40-27)30(42)39-28-31(43)38-26-21(9-5-10-22(26)33)25(37-28)19-7-3-2-4-8-19/h2-15,17,28H,16,35H2,1H3,(H,38,43)(H,39,42)/t17-,28-/m1/s1. The maximum atomic E-state index is 15.5. The molecule has 2 amide bonds. The number of halogens is 2. The van der Waals surface area contributed by atoms with Crippen LogP contribution in [-0.4, -0.2) is 50.3 Å². The fraction of sp³-hybridized carbons (Fsp3) is 0.125. The summed E-state index contributed by atoms with van der Waals surface area (Å²) >= 11 is 0. The van der Waals surface area contributed by atoms with Crippen LogP contribution >= 0.6 is 0 Å². The summed E-state index contributed by atoms with van der Waals surface area (Å²) in [7, 11) is 0. The smallest absolute Gasteiger partial charge is 0.322 e. The van der Waals surface area contributed by atoms with E-state index < -0.39 is 41.6 Å². The number of benzene rings is 3. The summed E-state index contributed by atoms with van der Waals surface area (Å²) in [5, 5.41) is 9.52. The Morgan fingerprint density at radius 1 is 1.04 bits per heavy atom. The lowest BCUT2D eigenvalue weighted by Crippen LogP contribution is -2.42. The van der Waals surface area contributed by atoms with Crippen LogP contribution in [0.25, 0.3) is 16.9 Å². The van der Waals surface area contributed by atoms with Crippen molar-refractivity contribution < 1.29 is 27.9 Å². The Morgan fingerprint density at radius 2 is 1.84 bits per heavy atom. The number of nitrogens with zero attached hydrogens (tertiary/aromatic N) is 4. The molecule has 11 nitrogen and oxygen atoms in total. The number of esters is 1. The quantitative estimate of drug-likeness (QED) is 0.238. The molecule has 1 aliphatic heterocycles. The van der Waals surface area contributed by atoms with Crippen molar-refractivity contribution in [1.82, 2.24) is 19.9 Å². The van der Waals surface area contributed by atoms with Crippen LogP contribution in [0.15, 0.2) is 90.2 Å². The first-order valence-corrected chi connectivity index (χ1v) is 13.8. The Bertz CT molecular complexity index is 1990. The van der Waals surface area contributed by atoms with Gasteiger partial charge in [-0.15, -0.1) is 0 Å². The number of amides is 2. The van der Waals surface area contributed by atoms with Crippen LogP contribution in [0.3, 0.4) is 0 Å². The summed E-state index contributed by atoms with van der Waals surface area (Å²) in [6, 6.07) is 18.0. The summed E-state index contributed by atoms with van der Waals surface area (Å²) in [5.74, 6) is -3.67. The first-order valence-electron chi connectivity index (χ1n) is 13.8. The van der Waals surface area contributed by atoms with E-state index in [1.54, 1.807) is 42.5 Å². The highest BCUT2D eigenvalue weighted by molar-refractivity contribution is 6.20. The van der Waals surface area contributed by atoms with Crippen LogP contribution in [0.1, 0.15) is 34.0 Å². The molecule has 5 aromatic rings. The zero-order chi connectivity index (χ0) is 31.7. The molecule has 2 aromatic heterocycles. The number of carbonyl (C=O) groups excluding carboxylic acids is 3. The van der Waals surface area contributed by atoms with Gasteiger partial charge in [0.25, 0.3) is 11.8 Å². The average Bonchev–Trinajstić information content (AvgIpc) is 3.35. The Kier molecular flexibility index (Phi) is 7.84. The lowest BCUT2D eigenvalue weighted by molar-refractivity contribution is -0.146. The summed E-state index contributed by atoms with van der Waals surface area (Å²) in [6.07, 6.45) is 1.47. The topological polar surface area (TPSA) is 153 Å². The molecule has 0 saturated heterocycles. The van der Waals surface area contributed by atoms with Crippen molar-refractivity contribution in [3.05, 3.63) is 119 Å². The van der Waals surface area contributed by atoms with E-state index in [0.29, 0.717) is 16.7 Å². The van der Waals surface area contributed by atoms with Crippen molar-refractivity contribution in [3.8, 4) is 11.3 Å². The molecule has 0 aliphatic carbocycles. The SMILES string of the molecule is C[C@@H](N)C(=O)OCc1ccc(-c2nn3cccnc3c2C(=O)N[C@H]2N=C(c3ccccc3)c3cccc(F)c3NC2=O)c(F)c1. The Morgan fingerprint density at radius 3 is 2.60 bits per heavy atom. The van der Waals surface area contributed by atoms with Gasteiger partial charge in [-0.3, -0.25) is 14.4 Å². The maximum Gasteiger partial charge on any atom is 0.322 e. The first-order chi connectivity index (χ1) is 21.7. The molecule has 0 radical (unpaired) electrons. The van der Waals surface area contributed by atoms with Crippen LogP contribution in [-0.2, 0) is 20.9 Å². The fourth-order valence-electron chi connectivity index (χ4n) is 4.83. The third kappa shape index (κ3) is 5.76. The highest BCUT2D eigenvalue weighted by Crippen LogP contribution is 2.30. The predicted molar refractivity (Wildman–Crippen MR) is 160 cm³/mol. The van der Waals surface area contributed by atoms with Crippen molar-refractivity contribution in [3.63, 3.8) is 0 Å². The highest BCUT2D eigenvalue weighted by Gasteiger charge is 2.32. The average molecular weight is 610 g/mol. The second kappa shape index (κ2) is 12.1. The first kappa shape index (κ1) is 29.3. The van der Waals surface area contributed by atoms with E-state index in [-0.39, 0.29) is 40.5 Å². The van der Waals surface area contributed by atoms with Crippen molar-refractivity contribution in [2.24, 2.45) is 10.7 Å². The van der Waals surface area contributed by atoms with Crippen molar-refractivity contribution in [2.75, 3.05) is 5.32 Å². The van der Waals surface area contributed by atoms with E-state index in [2.05, 4.69) is 25.7 Å². The number of para-hydroxylation sites is 1. The number of nitrogens with one attached hydrogen (secondary N) is 2. The molecule has 0 unspecified atom stereocenters. The lowest BCUT2D eigenvalue weighted by atomic mass is 10.0. The number of aliphatic imine (C=N–C) groups is 1. The van der Waals surface area contributed by atoms with Gasteiger partial charge in [-0.1, -0.05) is 48.5 Å². The third-order valence-electron chi connectivity index (χ3n) is 7.00. The summed E-state index contributed by atoms with van der Waals surface area (Å²) in [4.78, 5) is 47.8. The number of hydrogen-bond acceptors (Lipinski definition) is 8. The minimum absolute atomic E-state index is 0.0406. The molecule has 13 heteroatoms. The third-order valence-corrected chi connectivity index (χ3v) is 7.00. The number of carbonyl (C=O) groups is 3. The Balaban J connectivity index is 1.38. The zero-order valence-corrected chi connectivity index (χ0v) is 23.7. The molecule has 0 bridgehead atoms. The number of rotatable bonds is 7. The van der Waals surface area contributed by atoms with Gasteiger partial charge in [0.15, 0.2) is 5.65 Å². The number of benzodiazepines with no additional fused rings is 1. The minimum Gasteiger partial charge on any atom is -0.460 e. The van der Waals surface area contributed by atoms with Gasteiger partial charge < -0.3 is 21.1 Å². The van der Waals surface area contributed by atoms with E-state index in [1.165, 1.54) is 48.1 Å². The summed E-state index contributed by atoms with van der Waals surface area (Å²) in [6.45, 7) is 1.26. The molecular formula is C32H25F2N7O4. The monoisotopic (exact) mass is 609 g/mol. The van der Waals surface area contributed by atoms with Crippen LogP contribution in [0.2, 0.25) is 0 Å². The van der Waals surface area contributed by atoms with E-state index in [1.807, 2.05) is 0 Å². The van der Waals surface area contributed by atoms with Gasteiger partial charge >= 0.3 is 5.97 Å². The summed E-state index contributed by atoms with van der Waals surface area (Å²) in [5.41, 5.74) is 6.86. The van der Waals surface area contributed by atoms with Gasteiger partial charge in [0.2, 0.25) is 6.17 Å². The minimum atomic E-state index is -1.50. The molecule has 1 aliphatic rings. The van der Waals surface area contributed by atoms with Gasteiger partial charge in [0.1, 0.15) is 35.5 Å². The number of nitrogens with two attached hydrogens (primary N) is 1. The van der Waals surface area contributed by atoms with Crippen LogP contribution in [0, 0.1) is 11.6 Å². The predicted octanol–water partition coefficient (Wildman–Crippen LogP) is 3.61. The van der Waals surface area contributed by atoms with Crippen LogP contribution in [0.4, 0.5) is 14.5 Å². The fourth-order valence-corrected chi connectivity index (χ4v) is 4.83. The summed E-state index contributed by atoms with van der Waals surface area (Å²) < 4.78 is 36.8. The molecular weight excluding hydrogens is 584 g/mol. The molecule has 3 heterocycles. The largest absolute Gasteiger partial charge is 0.460 e. The second-order valence-electron chi connectivity index (χ2n) is 10.2. The number of anilines is 1. The van der Waals surface area contributed by atoms with E-state index in [9.17, 15) is 18.8 Å². The lowest BCUT2D eigenvalue weighted by Gasteiger charge is -2.14. The Hall–Kier alpha value is -5.82. The molecule has 2 atom stereocenters. The van der Waals surface area contributed by atoms with E-state index in [4.69, 9.17) is 10.5 Å². The van der Waals surface area contributed by atoms with E-state index >= 15 is 4.39 Å². The molecule has 3 aromatic carbocycles. The molecule has 0 saturated carbocycles. The number of fused-ring (bicyclic) bond motifs is 2.